The van der Waals surface area contributed by atoms with Crippen molar-refractivity contribution in [2.75, 3.05) is 0 Å². The maximum absolute atomic E-state index is 6.11. The molecule has 0 bridgehead atoms. The number of unbranched alkanes of at least 4 members (excludes halogenated alkanes) is 1. The average Bonchev–Trinajstić information content (AvgIpc) is 1.84. The molecular formula is C7H17Cl3SiSn. The second kappa shape index (κ2) is 6.38. The first-order chi connectivity index (χ1) is 5.39. The molecule has 0 N–H and O–H groups in total. The summed E-state index contributed by atoms with van der Waals surface area (Å²) in [4.78, 5) is 0. The average molecular weight is 354 g/mol. The molecule has 0 amide bonds. The Hall–Kier alpha value is 1.89. The molecule has 12 heavy (non-hydrogen) atoms. The minimum absolute atomic E-state index is 0.532. The third kappa shape index (κ3) is 5.58. The zero-order chi connectivity index (χ0) is 9.78. The molecule has 0 aromatic rings. The summed E-state index contributed by atoms with van der Waals surface area (Å²) in [6.45, 7) is 6.77. The van der Waals surface area contributed by atoms with Crippen molar-refractivity contribution >= 4 is 50.6 Å². The van der Waals surface area contributed by atoms with Gasteiger partial charge in [0, 0.05) is 0 Å². The first-order valence-electron chi connectivity index (χ1n) is 4.46. The van der Waals surface area contributed by atoms with Gasteiger partial charge in [0.05, 0.1) is 0 Å². The molecule has 0 aromatic carbocycles. The predicted molar refractivity (Wildman–Crippen MR) is 65.5 cm³/mol. The van der Waals surface area contributed by atoms with Crippen LogP contribution in [0.25, 0.3) is 0 Å². The Kier molecular flexibility index (Phi) is 7.39. The van der Waals surface area contributed by atoms with E-state index in [4.69, 9.17) is 26.8 Å². The van der Waals surface area contributed by atoms with Crippen LogP contribution >= 0.6 is 26.8 Å². The molecule has 5 heteroatoms. The summed E-state index contributed by atoms with van der Waals surface area (Å²) >= 11 is -3.11. The van der Waals surface area contributed by atoms with Gasteiger partial charge in [-0.1, -0.05) is 0 Å². The Morgan fingerprint density at radius 1 is 1.25 bits per heavy atom. The van der Waals surface area contributed by atoms with E-state index in [9.17, 15) is 0 Å². The SMILES string of the molecule is CCCC[CH]([SiH](C)C)[Sn]([Cl])([Cl])[Cl]. The summed E-state index contributed by atoms with van der Waals surface area (Å²) in [5, 5.41) is 0. The first kappa shape index (κ1) is 13.9. The quantitative estimate of drug-likeness (QED) is 0.648. The van der Waals surface area contributed by atoms with Gasteiger partial charge in [-0.05, 0) is 0 Å². The van der Waals surface area contributed by atoms with E-state index in [0.29, 0.717) is 3.56 Å². The van der Waals surface area contributed by atoms with E-state index in [1.807, 2.05) is 0 Å². The summed E-state index contributed by atoms with van der Waals surface area (Å²) in [5.41, 5.74) is 0. The van der Waals surface area contributed by atoms with Crippen molar-refractivity contribution < 1.29 is 0 Å². The number of halogens is 3. The Labute approximate surface area is 92.6 Å². The van der Waals surface area contributed by atoms with Crippen LogP contribution in [0.4, 0.5) is 0 Å². The van der Waals surface area contributed by atoms with E-state index in [0.717, 1.165) is 6.42 Å². The molecular weight excluding hydrogens is 337 g/mol. The minimum atomic E-state index is -3.11. The monoisotopic (exact) mass is 354 g/mol. The van der Waals surface area contributed by atoms with E-state index < -0.39 is 23.8 Å². The first-order valence-corrected chi connectivity index (χ1v) is 19.9. The molecule has 0 rings (SSSR count). The summed E-state index contributed by atoms with van der Waals surface area (Å²) in [6.07, 6.45) is 3.60. The fourth-order valence-corrected chi connectivity index (χ4v) is 28.4. The van der Waals surface area contributed by atoms with Gasteiger partial charge in [0.15, 0.2) is 0 Å². The standard InChI is InChI=1S/C7H17Si.3ClH.Sn/c1-4-5-6-7-8(2)3;;;;/h7-8H,4-6H2,1-3H3;3*1H;/q;;;;+3/p-3. The van der Waals surface area contributed by atoms with Crippen LogP contribution in [0, 0.1) is 0 Å². The van der Waals surface area contributed by atoms with E-state index in [2.05, 4.69) is 20.0 Å². The second-order valence-electron chi connectivity index (χ2n) is 3.53. The Balaban J connectivity index is 4.05. The van der Waals surface area contributed by atoms with Gasteiger partial charge in [-0.2, -0.15) is 0 Å². The van der Waals surface area contributed by atoms with E-state index in [1.54, 1.807) is 0 Å². The molecule has 0 aliphatic rings. The molecule has 1 atom stereocenters. The molecule has 0 aliphatic carbocycles. The van der Waals surface area contributed by atoms with Crippen LogP contribution in [0.15, 0.2) is 0 Å². The van der Waals surface area contributed by atoms with E-state index >= 15 is 0 Å². The Morgan fingerprint density at radius 2 is 1.75 bits per heavy atom. The number of hydrogen-bond acceptors (Lipinski definition) is 0. The molecule has 1 unspecified atom stereocenters. The van der Waals surface area contributed by atoms with Crippen molar-refractivity contribution in [3.63, 3.8) is 0 Å². The number of hydrogen-bond donors (Lipinski definition) is 0. The van der Waals surface area contributed by atoms with Crippen LogP contribution in [0.5, 0.6) is 0 Å². The summed E-state index contributed by atoms with van der Waals surface area (Å²) in [7, 11) is 17.6. The topological polar surface area (TPSA) is 0 Å². The van der Waals surface area contributed by atoms with Gasteiger partial charge in [-0.3, -0.25) is 0 Å². The number of rotatable bonds is 5. The molecule has 0 heterocycles. The van der Waals surface area contributed by atoms with Gasteiger partial charge in [-0.15, -0.1) is 0 Å². The van der Waals surface area contributed by atoms with E-state index in [-0.39, 0.29) is 0 Å². The molecule has 74 valence electrons. The molecule has 0 fully saturated rings. The molecule has 0 aromatic heterocycles. The summed E-state index contributed by atoms with van der Waals surface area (Å²) < 4.78 is 0.532. The van der Waals surface area contributed by atoms with Crippen LogP contribution in [0.1, 0.15) is 26.2 Å². The zero-order valence-corrected chi connectivity index (χ0v) is 14.2. The van der Waals surface area contributed by atoms with Gasteiger partial charge >= 0.3 is 93.4 Å². The van der Waals surface area contributed by atoms with Crippen molar-refractivity contribution in [1.82, 2.24) is 0 Å². The van der Waals surface area contributed by atoms with Crippen molar-refractivity contribution in [1.29, 1.82) is 0 Å². The van der Waals surface area contributed by atoms with Gasteiger partial charge in [-0.25, -0.2) is 0 Å². The Morgan fingerprint density at radius 3 is 2.00 bits per heavy atom. The van der Waals surface area contributed by atoms with Crippen molar-refractivity contribution in [2.45, 2.75) is 42.8 Å². The van der Waals surface area contributed by atoms with Crippen molar-refractivity contribution in [2.24, 2.45) is 0 Å². The fourth-order valence-electron chi connectivity index (χ4n) is 1.30. The van der Waals surface area contributed by atoms with Gasteiger partial charge in [0.1, 0.15) is 0 Å². The third-order valence-corrected chi connectivity index (χ3v) is 26.2. The molecule has 0 nitrogen and oxygen atoms in total. The van der Waals surface area contributed by atoms with Gasteiger partial charge in [0.25, 0.3) is 0 Å². The van der Waals surface area contributed by atoms with Crippen LogP contribution in [0.2, 0.25) is 16.7 Å². The predicted octanol–water partition coefficient (Wildman–Crippen LogP) is 4.23. The molecule has 0 saturated heterocycles. The second-order valence-corrected chi connectivity index (χ2v) is 29.8. The Bertz CT molecular complexity index is 124. The molecule has 0 saturated carbocycles. The molecule has 0 aliphatic heterocycles. The fraction of sp³-hybridized carbons (Fsp3) is 1.00. The van der Waals surface area contributed by atoms with E-state index in [1.165, 1.54) is 12.8 Å². The van der Waals surface area contributed by atoms with Gasteiger partial charge in [0.2, 0.25) is 0 Å². The van der Waals surface area contributed by atoms with Gasteiger partial charge < -0.3 is 0 Å². The molecule has 0 radical (unpaired) electrons. The van der Waals surface area contributed by atoms with Crippen molar-refractivity contribution in [3.8, 4) is 0 Å². The van der Waals surface area contributed by atoms with Crippen LogP contribution in [-0.2, 0) is 0 Å². The summed E-state index contributed by atoms with van der Waals surface area (Å²) in [6, 6.07) is 0. The van der Waals surface area contributed by atoms with Crippen molar-refractivity contribution in [3.05, 3.63) is 0 Å². The summed E-state index contributed by atoms with van der Waals surface area (Å²) in [5.74, 6) is 0. The van der Waals surface area contributed by atoms with Crippen LogP contribution < -0.4 is 0 Å². The normalized spacial score (nSPS) is 15.2. The zero-order valence-electron chi connectivity index (χ0n) is 7.91. The van der Waals surface area contributed by atoms with Crippen LogP contribution in [0.3, 0.4) is 0 Å². The maximum atomic E-state index is 6.11. The third-order valence-electron chi connectivity index (χ3n) is 2.09. The van der Waals surface area contributed by atoms with Crippen LogP contribution in [-0.4, -0.2) is 23.8 Å². The molecule has 0 spiro atoms.